The second-order valence-electron chi connectivity index (χ2n) is 8.25. The zero-order valence-corrected chi connectivity index (χ0v) is 17.1. The Morgan fingerprint density at radius 3 is 2.29 bits per heavy atom. The minimum Gasteiger partial charge on any atom is -0.483 e. The molecule has 1 aromatic carbocycles. The van der Waals surface area contributed by atoms with Crippen molar-refractivity contribution in [1.29, 1.82) is 0 Å². The molecule has 1 aliphatic heterocycles. The molecule has 1 aromatic rings. The van der Waals surface area contributed by atoms with Crippen LogP contribution in [0.1, 0.15) is 66.4 Å². The normalized spacial score (nSPS) is 22.6. The van der Waals surface area contributed by atoms with Crippen molar-refractivity contribution in [1.82, 2.24) is 10.2 Å². The lowest BCUT2D eigenvalue weighted by Crippen LogP contribution is -2.40. The van der Waals surface area contributed by atoms with Crippen LogP contribution in [0.4, 0.5) is 0 Å². The monoisotopic (exact) mass is 387 g/mol. The van der Waals surface area contributed by atoms with Crippen LogP contribution in [0.3, 0.4) is 0 Å². The molecule has 0 atom stereocenters. The molecule has 1 saturated carbocycles. The second kappa shape index (κ2) is 9.41. The van der Waals surface area contributed by atoms with E-state index < -0.39 is 0 Å². The molecule has 3 N–H and O–H groups in total. The third-order valence-corrected chi connectivity index (χ3v) is 5.88. The van der Waals surface area contributed by atoms with Crippen molar-refractivity contribution in [2.75, 3.05) is 19.7 Å². The van der Waals surface area contributed by atoms with E-state index in [-0.39, 0.29) is 30.5 Å². The van der Waals surface area contributed by atoms with Crippen molar-refractivity contribution in [2.24, 2.45) is 5.73 Å². The van der Waals surface area contributed by atoms with Crippen LogP contribution in [0.5, 0.6) is 5.75 Å². The van der Waals surface area contributed by atoms with Crippen molar-refractivity contribution in [2.45, 2.75) is 70.9 Å². The predicted octanol–water partition coefficient (Wildman–Crippen LogP) is 2.69. The summed E-state index contributed by atoms with van der Waals surface area (Å²) in [6.07, 6.45) is 7.12. The molecule has 1 aliphatic carbocycles. The van der Waals surface area contributed by atoms with Gasteiger partial charge in [-0.25, -0.2) is 0 Å². The van der Waals surface area contributed by atoms with Crippen LogP contribution in [-0.4, -0.2) is 48.5 Å². The Morgan fingerprint density at radius 2 is 1.68 bits per heavy atom. The number of rotatable bonds is 5. The summed E-state index contributed by atoms with van der Waals surface area (Å²) in [5, 5.41) is 3.13. The maximum Gasteiger partial charge on any atom is 0.260 e. The zero-order valence-electron chi connectivity index (χ0n) is 17.1. The molecular weight excluding hydrogens is 354 g/mol. The highest BCUT2D eigenvalue weighted by atomic mass is 16.5. The zero-order chi connectivity index (χ0) is 20.1. The number of carbonyl (C=O) groups is 2. The van der Waals surface area contributed by atoms with Gasteiger partial charge in [-0.3, -0.25) is 9.59 Å². The minimum absolute atomic E-state index is 0.0378. The number of ether oxygens (including phenoxy) is 1. The van der Waals surface area contributed by atoms with E-state index in [1.165, 1.54) is 6.42 Å². The number of nitrogens with zero attached hydrogens (tertiary/aromatic N) is 1. The summed E-state index contributed by atoms with van der Waals surface area (Å²) in [6, 6.07) is 4.16. The first-order chi connectivity index (χ1) is 13.4. The Labute approximate surface area is 167 Å². The quantitative estimate of drug-likeness (QED) is 0.813. The van der Waals surface area contributed by atoms with Crippen LogP contribution < -0.4 is 15.8 Å². The number of nitrogens with two attached hydrogens (primary N) is 1. The van der Waals surface area contributed by atoms with E-state index in [1.807, 2.05) is 30.9 Å². The molecule has 0 bridgehead atoms. The van der Waals surface area contributed by atoms with E-state index in [0.29, 0.717) is 11.3 Å². The standard InChI is InChI=1S/C22H33N3O3/c1-15-12-17(22(27)24-19-8-6-18(23)7-9-19)13-16(2)21(15)28-14-20(26)25-10-4-3-5-11-25/h12-13,18-19H,3-11,14,23H2,1-2H3,(H,24,27). The second-order valence-corrected chi connectivity index (χ2v) is 8.25. The smallest absolute Gasteiger partial charge is 0.260 e. The minimum atomic E-state index is -0.0531. The molecule has 0 spiro atoms. The number of aryl methyl sites for hydroxylation is 2. The summed E-state index contributed by atoms with van der Waals surface area (Å²) in [5.74, 6) is 0.684. The maximum absolute atomic E-state index is 12.6. The molecule has 6 nitrogen and oxygen atoms in total. The van der Waals surface area contributed by atoms with Gasteiger partial charge >= 0.3 is 0 Å². The number of nitrogens with one attached hydrogen (secondary N) is 1. The Balaban J connectivity index is 1.58. The summed E-state index contributed by atoms with van der Waals surface area (Å²) >= 11 is 0. The number of amides is 2. The molecule has 0 aromatic heterocycles. The SMILES string of the molecule is Cc1cc(C(=O)NC2CCC(N)CC2)cc(C)c1OCC(=O)N1CCCCC1. The topological polar surface area (TPSA) is 84.7 Å². The van der Waals surface area contributed by atoms with E-state index in [1.54, 1.807) is 0 Å². The molecule has 0 radical (unpaired) electrons. The number of hydrogen-bond donors (Lipinski definition) is 2. The van der Waals surface area contributed by atoms with Gasteiger partial charge in [0.2, 0.25) is 0 Å². The van der Waals surface area contributed by atoms with E-state index in [9.17, 15) is 9.59 Å². The van der Waals surface area contributed by atoms with Gasteiger partial charge < -0.3 is 20.7 Å². The van der Waals surface area contributed by atoms with Gasteiger partial charge in [-0.2, -0.15) is 0 Å². The number of hydrogen-bond acceptors (Lipinski definition) is 4. The highest BCUT2D eigenvalue weighted by Crippen LogP contribution is 2.26. The number of likely N-dealkylation sites (tertiary alicyclic amines) is 1. The first-order valence-electron chi connectivity index (χ1n) is 10.5. The average molecular weight is 388 g/mol. The van der Waals surface area contributed by atoms with Crippen LogP contribution in [0.15, 0.2) is 12.1 Å². The number of benzene rings is 1. The number of piperidine rings is 1. The molecule has 3 rings (SSSR count). The van der Waals surface area contributed by atoms with Gasteiger partial charge in [-0.15, -0.1) is 0 Å². The van der Waals surface area contributed by atoms with Gasteiger partial charge in [0.15, 0.2) is 6.61 Å². The van der Waals surface area contributed by atoms with Crippen LogP contribution >= 0.6 is 0 Å². The van der Waals surface area contributed by atoms with Crippen molar-refractivity contribution < 1.29 is 14.3 Å². The van der Waals surface area contributed by atoms with Crippen molar-refractivity contribution in [3.63, 3.8) is 0 Å². The Kier molecular flexibility index (Phi) is 6.94. The molecule has 6 heteroatoms. The molecular formula is C22H33N3O3. The summed E-state index contributed by atoms with van der Waals surface area (Å²) < 4.78 is 5.84. The van der Waals surface area contributed by atoms with E-state index in [4.69, 9.17) is 10.5 Å². The summed E-state index contributed by atoms with van der Waals surface area (Å²) in [7, 11) is 0. The van der Waals surface area contributed by atoms with E-state index >= 15 is 0 Å². The van der Waals surface area contributed by atoms with Gasteiger partial charge in [-0.1, -0.05) is 0 Å². The molecule has 0 unspecified atom stereocenters. The van der Waals surface area contributed by atoms with Crippen molar-refractivity contribution in [3.8, 4) is 5.75 Å². The molecule has 1 saturated heterocycles. The molecule has 2 fully saturated rings. The third kappa shape index (κ3) is 5.25. The molecule has 2 amide bonds. The van der Waals surface area contributed by atoms with Crippen molar-refractivity contribution in [3.05, 3.63) is 28.8 Å². The Morgan fingerprint density at radius 1 is 1.07 bits per heavy atom. The fraction of sp³-hybridized carbons (Fsp3) is 0.636. The molecule has 1 heterocycles. The summed E-state index contributed by atoms with van der Waals surface area (Å²) in [5.41, 5.74) is 8.33. The molecule has 154 valence electrons. The average Bonchev–Trinajstić information content (AvgIpc) is 2.69. The van der Waals surface area contributed by atoms with E-state index in [0.717, 1.165) is 62.7 Å². The first kappa shape index (κ1) is 20.6. The Bertz CT molecular complexity index is 682. The lowest BCUT2D eigenvalue weighted by atomic mass is 9.91. The third-order valence-electron chi connectivity index (χ3n) is 5.88. The Hall–Kier alpha value is -2.08. The lowest BCUT2D eigenvalue weighted by Gasteiger charge is -2.27. The highest BCUT2D eigenvalue weighted by molar-refractivity contribution is 5.95. The van der Waals surface area contributed by atoms with Crippen LogP contribution in [0.2, 0.25) is 0 Å². The van der Waals surface area contributed by atoms with Gasteiger partial charge in [0.1, 0.15) is 5.75 Å². The highest BCUT2D eigenvalue weighted by Gasteiger charge is 2.22. The van der Waals surface area contributed by atoms with Crippen LogP contribution in [0, 0.1) is 13.8 Å². The van der Waals surface area contributed by atoms with Crippen LogP contribution in [0.25, 0.3) is 0 Å². The fourth-order valence-corrected chi connectivity index (χ4v) is 4.21. The van der Waals surface area contributed by atoms with E-state index in [2.05, 4.69) is 5.32 Å². The van der Waals surface area contributed by atoms with Gasteiger partial charge in [0.25, 0.3) is 11.8 Å². The molecule has 2 aliphatic rings. The predicted molar refractivity (Wildman–Crippen MR) is 110 cm³/mol. The largest absolute Gasteiger partial charge is 0.483 e. The van der Waals surface area contributed by atoms with Crippen molar-refractivity contribution >= 4 is 11.8 Å². The van der Waals surface area contributed by atoms with Gasteiger partial charge in [0.05, 0.1) is 0 Å². The number of carbonyl (C=O) groups excluding carboxylic acids is 2. The first-order valence-corrected chi connectivity index (χ1v) is 10.5. The van der Waals surface area contributed by atoms with Gasteiger partial charge in [0, 0.05) is 30.7 Å². The summed E-state index contributed by atoms with van der Waals surface area (Å²) in [6.45, 7) is 5.54. The van der Waals surface area contributed by atoms with Crippen LogP contribution in [-0.2, 0) is 4.79 Å². The maximum atomic E-state index is 12.6. The lowest BCUT2D eigenvalue weighted by molar-refractivity contribution is -0.134. The summed E-state index contributed by atoms with van der Waals surface area (Å²) in [4.78, 5) is 26.9. The van der Waals surface area contributed by atoms with Gasteiger partial charge in [-0.05, 0) is 82.1 Å². The molecule has 28 heavy (non-hydrogen) atoms. The fourth-order valence-electron chi connectivity index (χ4n) is 4.21.